The van der Waals surface area contributed by atoms with Crippen molar-refractivity contribution in [2.24, 2.45) is 0 Å². The SMILES string of the molecule is F[P-](F)(F)(F)(F)F.Fc1ccc(-c2ccccn2)c(F)c1.Fc1ccc(-c2ccccn2)c(F)c1.[H+].[Ir].c1cnn(Cn2cccn2)c1. The van der Waals surface area contributed by atoms with Crippen LogP contribution in [0.4, 0.5) is 42.7 Å². The van der Waals surface area contributed by atoms with Crippen molar-refractivity contribution in [3.8, 4) is 22.5 Å². The molecule has 0 aliphatic rings. The van der Waals surface area contributed by atoms with Crippen LogP contribution < -0.4 is 0 Å². The fourth-order valence-electron chi connectivity index (χ4n) is 3.36. The van der Waals surface area contributed by atoms with Crippen LogP contribution in [-0.4, -0.2) is 29.5 Å². The van der Waals surface area contributed by atoms with Crippen LogP contribution in [0, 0.1) is 23.3 Å². The summed E-state index contributed by atoms with van der Waals surface area (Å²) in [6, 6.07) is 21.0. The molecule has 0 aliphatic heterocycles. The first kappa shape index (κ1) is 38.7. The van der Waals surface area contributed by atoms with Gasteiger partial charge in [-0.3, -0.25) is 19.3 Å². The Morgan fingerprint density at radius 3 is 1.19 bits per heavy atom. The number of benzene rings is 2. The first-order chi connectivity index (χ1) is 21.4. The summed E-state index contributed by atoms with van der Waals surface area (Å²) in [6.07, 6.45) is 10.5. The Labute approximate surface area is 275 Å². The van der Waals surface area contributed by atoms with Gasteiger partial charge in [-0.2, -0.15) is 10.2 Å². The summed E-state index contributed by atoms with van der Waals surface area (Å²) in [5.74, 6) is -2.35. The zero-order chi connectivity index (χ0) is 33.9. The van der Waals surface area contributed by atoms with Crippen LogP contribution >= 0.6 is 7.81 Å². The van der Waals surface area contributed by atoms with E-state index in [1.807, 2.05) is 33.9 Å². The smallest absolute Gasteiger partial charge is 0.256 e. The maximum Gasteiger partial charge on any atom is 1.00 e. The molecular formula is C29H23F10IrN6P. The quantitative estimate of drug-likeness (QED) is 0.131. The molecule has 4 aromatic heterocycles. The minimum absolute atomic E-state index is 0. The minimum Gasteiger partial charge on any atom is -0.256 e. The van der Waals surface area contributed by atoms with Gasteiger partial charge in [0.05, 0.1) is 11.4 Å². The molecule has 4 heterocycles. The molecule has 0 saturated heterocycles. The molecule has 253 valence electrons. The first-order valence-electron chi connectivity index (χ1n) is 12.7. The Hall–Kier alpha value is -4.46. The molecule has 0 N–H and O–H groups in total. The van der Waals surface area contributed by atoms with Crippen LogP contribution in [0.25, 0.3) is 22.5 Å². The van der Waals surface area contributed by atoms with Gasteiger partial charge >= 0.3 is 34.4 Å². The van der Waals surface area contributed by atoms with Gasteiger partial charge in [-0.25, -0.2) is 17.6 Å². The summed E-state index contributed by atoms with van der Waals surface area (Å²) in [4.78, 5) is 7.95. The number of rotatable bonds is 4. The maximum atomic E-state index is 13.3. The molecule has 0 amide bonds. The van der Waals surface area contributed by atoms with E-state index in [0.717, 1.165) is 12.1 Å². The molecule has 0 unspecified atom stereocenters. The molecule has 0 saturated carbocycles. The van der Waals surface area contributed by atoms with E-state index in [2.05, 4.69) is 20.2 Å². The van der Waals surface area contributed by atoms with Crippen LogP contribution in [0.1, 0.15) is 1.43 Å². The van der Waals surface area contributed by atoms with Crippen LogP contribution in [0.2, 0.25) is 0 Å². The van der Waals surface area contributed by atoms with Crippen molar-refractivity contribution in [2.45, 2.75) is 6.67 Å². The van der Waals surface area contributed by atoms with E-state index in [4.69, 9.17) is 0 Å². The second-order valence-corrected chi connectivity index (χ2v) is 10.8. The molecular weight excluding hydrogens is 846 g/mol. The molecule has 2 aromatic carbocycles. The van der Waals surface area contributed by atoms with Crippen molar-refractivity contribution in [1.29, 1.82) is 0 Å². The van der Waals surface area contributed by atoms with Crippen LogP contribution in [0.15, 0.2) is 122 Å². The molecule has 6 nitrogen and oxygen atoms in total. The average molecular weight is 869 g/mol. The third-order valence-electron chi connectivity index (χ3n) is 5.15. The van der Waals surface area contributed by atoms with Crippen LogP contribution in [-0.2, 0) is 26.8 Å². The standard InChI is InChI=1S/2C11H7F2N.C7H8N4.F6P.Ir/c2*12-8-4-5-9(10(13)7-8)11-3-1-2-6-14-11;1-3-8-10(5-1)7-11-6-2-4-9-11;1-7(2,3,4,5)6;/h2*1-7H;1-6H,7H2;;/q;;;-1;/p+1. The minimum atomic E-state index is -10.7. The van der Waals surface area contributed by atoms with E-state index in [9.17, 15) is 42.7 Å². The van der Waals surface area contributed by atoms with Gasteiger partial charge in [0.25, 0.3) is 0 Å². The maximum absolute atomic E-state index is 13.3. The molecule has 0 aliphatic carbocycles. The number of halogens is 10. The van der Waals surface area contributed by atoms with Gasteiger partial charge in [-0.05, 0) is 60.7 Å². The van der Waals surface area contributed by atoms with Crippen LogP contribution in [0.3, 0.4) is 0 Å². The summed E-state index contributed by atoms with van der Waals surface area (Å²) in [6.45, 7) is 0.681. The number of pyridine rings is 2. The van der Waals surface area contributed by atoms with E-state index in [0.29, 0.717) is 29.2 Å². The van der Waals surface area contributed by atoms with E-state index in [1.165, 1.54) is 24.3 Å². The molecule has 0 atom stereocenters. The van der Waals surface area contributed by atoms with Crippen molar-refractivity contribution < 1.29 is 64.3 Å². The zero-order valence-electron chi connectivity index (χ0n) is 24.5. The Kier molecular flexibility index (Phi) is 13.1. The summed E-state index contributed by atoms with van der Waals surface area (Å²) < 4.78 is 115. The monoisotopic (exact) mass is 869 g/mol. The van der Waals surface area contributed by atoms with Gasteiger partial charge in [-0.15, -0.1) is 0 Å². The van der Waals surface area contributed by atoms with Gasteiger partial charge < -0.3 is 0 Å². The Bertz CT molecular complexity index is 1670. The predicted octanol–water partition coefficient (Wildman–Crippen LogP) is 10.1. The Balaban J connectivity index is 0.000000325. The zero-order valence-corrected chi connectivity index (χ0v) is 26.8. The molecule has 0 fully saturated rings. The normalized spacial score (nSPS) is 11.9. The summed E-state index contributed by atoms with van der Waals surface area (Å²) in [7, 11) is -10.7. The van der Waals surface area contributed by atoms with Gasteiger partial charge in [0.2, 0.25) is 0 Å². The van der Waals surface area contributed by atoms with Crippen molar-refractivity contribution >= 4 is 7.81 Å². The average Bonchev–Trinajstić information content (AvgIpc) is 3.68. The van der Waals surface area contributed by atoms with Gasteiger partial charge in [0.15, 0.2) is 0 Å². The molecule has 0 spiro atoms. The second kappa shape index (κ2) is 15.9. The molecule has 47 heavy (non-hydrogen) atoms. The van der Waals surface area contributed by atoms with Gasteiger partial charge in [0, 0.05) is 80.5 Å². The van der Waals surface area contributed by atoms with Gasteiger partial charge in [-0.1, -0.05) is 12.1 Å². The molecule has 0 bridgehead atoms. The molecule has 18 heteroatoms. The number of hydrogen-bond acceptors (Lipinski definition) is 4. The third-order valence-corrected chi connectivity index (χ3v) is 5.15. The van der Waals surface area contributed by atoms with Crippen LogP contribution in [0.5, 0.6) is 0 Å². The Morgan fingerprint density at radius 1 is 0.532 bits per heavy atom. The topological polar surface area (TPSA) is 61.4 Å². The largest absolute Gasteiger partial charge is 1.00 e. The fourth-order valence-corrected chi connectivity index (χ4v) is 3.36. The first-order valence-corrected chi connectivity index (χ1v) is 14.7. The number of hydrogen-bond donors (Lipinski definition) is 0. The molecule has 6 aromatic rings. The van der Waals surface area contributed by atoms with Crippen molar-refractivity contribution in [3.63, 3.8) is 0 Å². The predicted molar refractivity (Wildman–Crippen MR) is 154 cm³/mol. The van der Waals surface area contributed by atoms with Crippen molar-refractivity contribution in [3.05, 3.63) is 145 Å². The van der Waals surface area contributed by atoms with E-state index >= 15 is 0 Å². The summed E-state index contributed by atoms with van der Waals surface area (Å²) >= 11 is 0. The molecule has 1 radical (unpaired) electrons. The fraction of sp³-hybridized carbons (Fsp3) is 0.0345. The number of nitrogens with zero attached hydrogens (tertiary/aromatic N) is 6. The summed E-state index contributed by atoms with van der Waals surface area (Å²) in [5.41, 5.74) is 1.63. The van der Waals surface area contributed by atoms with E-state index in [-0.39, 0.29) is 21.5 Å². The molecule has 6 rings (SSSR count). The third kappa shape index (κ3) is 16.1. The van der Waals surface area contributed by atoms with Crippen molar-refractivity contribution in [1.82, 2.24) is 29.5 Å². The summed E-state index contributed by atoms with van der Waals surface area (Å²) in [5, 5.41) is 8.09. The van der Waals surface area contributed by atoms with E-state index < -0.39 is 31.1 Å². The van der Waals surface area contributed by atoms with Crippen molar-refractivity contribution in [2.75, 3.05) is 0 Å². The Morgan fingerprint density at radius 2 is 0.915 bits per heavy atom. The van der Waals surface area contributed by atoms with E-state index in [1.54, 1.807) is 61.2 Å². The second-order valence-electron chi connectivity index (χ2n) is 8.87. The number of aromatic nitrogens is 6. The van der Waals surface area contributed by atoms with Gasteiger partial charge in [0.1, 0.15) is 29.9 Å².